The van der Waals surface area contributed by atoms with Gasteiger partial charge in [-0.2, -0.15) is 5.26 Å². The Morgan fingerprint density at radius 2 is 1.09 bits per heavy atom. The van der Waals surface area contributed by atoms with Crippen LogP contribution in [0.5, 0.6) is 0 Å². The molecule has 8 aromatic rings. The zero-order valence-electron chi connectivity index (χ0n) is 32.8. The van der Waals surface area contributed by atoms with Gasteiger partial charge in [0.2, 0.25) is 0 Å². The summed E-state index contributed by atoms with van der Waals surface area (Å²) in [5.74, 6) is 1.81. The Labute approximate surface area is 328 Å². The number of benzene rings is 6. The normalized spacial score (nSPS) is 15.9. The van der Waals surface area contributed by atoms with Crippen LogP contribution in [-0.4, -0.2) is 19.5 Å². The quantitative estimate of drug-likeness (QED) is 0.181. The molecule has 5 nitrogen and oxygen atoms in total. The van der Waals surface area contributed by atoms with E-state index in [1.807, 2.05) is 24.3 Å². The van der Waals surface area contributed by atoms with Gasteiger partial charge in [-0.05, 0) is 124 Å². The summed E-state index contributed by atoms with van der Waals surface area (Å²) in [5.41, 5.74) is 14.8. The molecule has 0 amide bonds. The third-order valence-corrected chi connectivity index (χ3v) is 12.8. The number of hydrogen-bond acceptors (Lipinski definition) is 4. The average molecular weight is 726 g/mol. The fraction of sp³-hybridized carbons (Fsp3) is 0.216. The van der Waals surface area contributed by atoms with Crippen LogP contribution in [0.1, 0.15) is 82.2 Å². The van der Waals surface area contributed by atoms with Crippen LogP contribution >= 0.6 is 0 Å². The van der Waals surface area contributed by atoms with E-state index in [0.717, 1.165) is 22.4 Å². The second-order valence-corrected chi connectivity index (χ2v) is 17.5. The predicted octanol–water partition coefficient (Wildman–Crippen LogP) is 12.5. The van der Waals surface area contributed by atoms with Gasteiger partial charge in [-0.25, -0.2) is 15.0 Å². The molecule has 272 valence electrons. The van der Waals surface area contributed by atoms with Crippen molar-refractivity contribution >= 4 is 21.8 Å². The molecule has 0 bridgehead atoms. The van der Waals surface area contributed by atoms with E-state index < -0.39 is 0 Å². The lowest BCUT2D eigenvalue weighted by Crippen LogP contribution is -2.33. The van der Waals surface area contributed by atoms with Crippen molar-refractivity contribution in [2.45, 2.75) is 70.6 Å². The first-order valence-corrected chi connectivity index (χ1v) is 19.6. The van der Waals surface area contributed by atoms with Crippen molar-refractivity contribution in [3.63, 3.8) is 0 Å². The molecular weight excluding hydrogens is 683 g/mol. The zero-order valence-corrected chi connectivity index (χ0v) is 32.8. The van der Waals surface area contributed by atoms with Gasteiger partial charge in [0.25, 0.3) is 0 Å². The molecule has 2 aliphatic carbocycles. The number of nitrogens with zero attached hydrogens (tertiary/aromatic N) is 5. The number of rotatable bonds is 4. The lowest BCUT2D eigenvalue weighted by Gasteiger charge is -2.42. The first-order valence-electron chi connectivity index (χ1n) is 19.6. The second kappa shape index (κ2) is 12.1. The summed E-state index contributed by atoms with van der Waals surface area (Å²) in [6.45, 7) is 14.2. The van der Waals surface area contributed by atoms with E-state index in [0.29, 0.717) is 23.0 Å². The molecule has 0 N–H and O–H groups in total. The largest absolute Gasteiger partial charge is 0.309 e. The summed E-state index contributed by atoms with van der Waals surface area (Å²) in [5, 5.41) is 12.1. The third-order valence-electron chi connectivity index (χ3n) is 12.8. The van der Waals surface area contributed by atoms with E-state index in [2.05, 4.69) is 155 Å². The van der Waals surface area contributed by atoms with Crippen LogP contribution in [0.4, 0.5) is 0 Å². The molecule has 0 radical (unpaired) electrons. The maximum Gasteiger partial charge on any atom is 0.164 e. The van der Waals surface area contributed by atoms with Gasteiger partial charge >= 0.3 is 0 Å². The number of para-hydroxylation sites is 1. The maximum atomic E-state index is 9.51. The average Bonchev–Trinajstić information content (AvgIpc) is 3.67. The number of hydrogen-bond donors (Lipinski definition) is 0. The van der Waals surface area contributed by atoms with Gasteiger partial charge < -0.3 is 4.57 Å². The summed E-state index contributed by atoms with van der Waals surface area (Å²) in [4.78, 5) is 15.4. The molecule has 0 saturated carbocycles. The maximum absolute atomic E-state index is 9.51. The highest BCUT2D eigenvalue weighted by atomic mass is 15.0. The van der Waals surface area contributed by atoms with Gasteiger partial charge in [-0.3, -0.25) is 0 Å². The van der Waals surface area contributed by atoms with Crippen molar-refractivity contribution in [1.82, 2.24) is 19.5 Å². The molecule has 6 aromatic carbocycles. The van der Waals surface area contributed by atoms with E-state index in [4.69, 9.17) is 15.0 Å². The Hall–Kier alpha value is -6.38. The van der Waals surface area contributed by atoms with Gasteiger partial charge in [0.15, 0.2) is 17.5 Å². The molecule has 0 spiro atoms. The molecule has 0 unspecified atom stereocenters. The SMILES string of the molecule is CC1(C)CCC(C)(C)c2cc3c(cc21)c1ccccc1n3-c1ccc(-c2nc(-c3ccc(C#N)cc3)nc(-c3cccc4c3C(C)(C)c3ccccc3-4)n2)cc1. The highest BCUT2D eigenvalue weighted by Crippen LogP contribution is 2.52. The molecule has 5 heteroatoms. The van der Waals surface area contributed by atoms with E-state index >= 15 is 0 Å². The second-order valence-electron chi connectivity index (χ2n) is 17.5. The van der Waals surface area contributed by atoms with E-state index in [-0.39, 0.29) is 16.2 Å². The van der Waals surface area contributed by atoms with Crippen LogP contribution in [0.3, 0.4) is 0 Å². The summed E-state index contributed by atoms with van der Waals surface area (Å²) in [7, 11) is 0. The first-order chi connectivity index (χ1) is 26.9. The number of aromatic nitrogens is 4. The predicted molar refractivity (Wildman–Crippen MR) is 228 cm³/mol. The van der Waals surface area contributed by atoms with Crippen molar-refractivity contribution in [3.05, 3.63) is 155 Å². The highest BCUT2D eigenvalue weighted by Gasteiger charge is 2.39. The van der Waals surface area contributed by atoms with Gasteiger partial charge in [0, 0.05) is 38.6 Å². The van der Waals surface area contributed by atoms with E-state index in [1.54, 1.807) is 0 Å². The molecule has 2 aliphatic rings. The van der Waals surface area contributed by atoms with Crippen LogP contribution in [-0.2, 0) is 16.2 Å². The minimum absolute atomic E-state index is 0.101. The Morgan fingerprint density at radius 3 is 1.79 bits per heavy atom. The molecule has 2 heterocycles. The van der Waals surface area contributed by atoms with Crippen molar-refractivity contribution in [3.8, 4) is 57.0 Å². The Morgan fingerprint density at radius 1 is 0.518 bits per heavy atom. The Bertz CT molecular complexity index is 2940. The van der Waals surface area contributed by atoms with E-state index in [1.165, 1.54) is 68.0 Å². The fourth-order valence-electron chi connectivity index (χ4n) is 9.55. The molecule has 10 rings (SSSR count). The van der Waals surface area contributed by atoms with Crippen LogP contribution < -0.4 is 0 Å². The highest BCUT2D eigenvalue weighted by molar-refractivity contribution is 6.10. The lowest BCUT2D eigenvalue weighted by atomic mass is 9.63. The summed E-state index contributed by atoms with van der Waals surface area (Å²) < 4.78 is 2.42. The molecule has 0 atom stereocenters. The Balaban J connectivity index is 1.14. The molecule has 0 saturated heterocycles. The van der Waals surface area contributed by atoms with Crippen molar-refractivity contribution in [1.29, 1.82) is 5.26 Å². The molecule has 56 heavy (non-hydrogen) atoms. The van der Waals surface area contributed by atoms with Crippen LogP contribution in [0.2, 0.25) is 0 Å². The molecule has 0 fully saturated rings. The minimum Gasteiger partial charge on any atom is -0.309 e. The topological polar surface area (TPSA) is 67.4 Å². The van der Waals surface area contributed by atoms with Crippen molar-refractivity contribution in [2.75, 3.05) is 0 Å². The van der Waals surface area contributed by atoms with Gasteiger partial charge in [0.1, 0.15) is 0 Å². The first kappa shape index (κ1) is 34.1. The fourth-order valence-corrected chi connectivity index (χ4v) is 9.55. The van der Waals surface area contributed by atoms with Crippen LogP contribution in [0.15, 0.2) is 127 Å². The standard InChI is InChI=1S/C51H43N5/c1-49(2)26-27-50(3,4)42-29-44-39(28-41(42)49)36-13-8-10-17-43(36)56(44)34-24-22-33(23-25-34)47-53-46(32-20-18-31(30-52)19-21-32)54-48(55-47)38-15-11-14-37-35-12-7-9-16-40(35)51(5,6)45(37)38/h7-25,28-29H,26-27H2,1-6H3. The minimum atomic E-state index is -0.238. The Kier molecular flexibility index (Phi) is 7.35. The summed E-state index contributed by atoms with van der Waals surface area (Å²) in [6, 6.07) is 47.2. The van der Waals surface area contributed by atoms with Gasteiger partial charge in [-0.15, -0.1) is 0 Å². The monoisotopic (exact) mass is 725 g/mol. The molecule has 2 aromatic heterocycles. The third kappa shape index (κ3) is 5.09. The van der Waals surface area contributed by atoms with E-state index in [9.17, 15) is 5.26 Å². The molecular formula is C51H43N5. The van der Waals surface area contributed by atoms with Gasteiger partial charge in [-0.1, -0.05) is 102 Å². The number of nitriles is 1. The smallest absolute Gasteiger partial charge is 0.164 e. The summed E-state index contributed by atoms with van der Waals surface area (Å²) >= 11 is 0. The van der Waals surface area contributed by atoms with Gasteiger partial charge in [0.05, 0.1) is 22.7 Å². The van der Waals surface area contributed by atoms with Crippen molar-refractivity contribution in [2.24, 2.45) is 0 Å². The zero-order chi connectivity index (χ0) is 38.6. The van der Waals surface area contributed by atoms with Crippen LogP contribution in [0.25, 0.3) is 72.8 Å². The van der Waals surface area contributed by atoms with Crippen molar-refractivity contribution < 1.29 is 0 Å². The van der Waals surface area contributed by atoms with Crippen LogP contribution in [0, 0.1) is 11.3 Å². The molecule has 0 aliphatic heterocycles. The summed E-state index contributed by atoms with van der Waals surface area (Å²) in [6.07, 6.45) is 2.35. The lowest BCUT2D eigenvalue weighted by molar-refractivity contribution is 0.332. The number of fused-ring (bicyclic) bond motifs is 7.